The molecule has 1 nitrogen and oxygen atoms in total. The molecule has 2 radical (unpaired) electrons. The van der Waals surface area contributed by atoms with Crippen molar-refractivity contribution in [2.24, 2.45) is 0 Å². The van der Waals surface area contributed by atoms with Crippen molar-refractivity contribution in [3.63, 3.8) is 0 Å². The van der Waals surface area contributed by atoms with Gasteiger partial charge in [-0.1, -0.05) is 36.4 Å². The molecule has 0 heterocycles. The van der Waals surface area contributed by atoms with Crippen LogP contribution in [0, 0.1) is 18.2 Å². The second-order valence-electron chi connectivity index (χ2n) is 7.56. The van der Waals surface area contributed by atoms with Gasteiger partial charge >= 0.3 is 30.2 Å². The maximum absolute atomic E-state index is 3.06. The molecule has 0 spiro atoms. The van der Waals surface area contributed by atoms with E-state index in [0.717, 1.165) is 6.42 Å². The summed E-state index contributed by atoms with van der Waals surface area (Å²) in [5.41, 5.74) is 1.25. The number of rotatable bonds is 1. The van der Waals surface area contributed by atoms with Crippen LogP contribution in [0.15, 0.2) is 127 Å². The van der Waals surface area contributed by atoms with Gasteiger partial charge in [0.25, 0.3) is 0 Å². The summed E-state index contributed by atoms with van der Waals surface area (Å²) in [5, 5.41) is 5.35. The van der Waals surface area contributed by atoms with Crippen molar-refractivity contribution in [3.8, 4) is 0 Å². The van der Waals surface area contributed by atoms with Gasteiger partial charge in [-0.2, -0.15) is 78.9 Å². The second-order valence-corrected chi connectivity index (χ2v) is 7.56. The summed E-state index contributed by atoms with van der Waals surface area (Å²) in [4.78, 5) is 2.14. The van der Waals surface area contributed by atoms with Crippen LogP contribution in [0.3, 0.4) is 0 Å². The number of anilines is 1. The molecule has 37 heavy (non-hydrogen) atoms. The van der Waals surface area contributed by atoms with E-state index in [2.05, 4.69) is 98.7 Å². The van der Waals surface area contributed by atoms with Gasteiger partial charge in [0, 0.05) is 19.8 Å². The maximum Gasteiger partial charge on any atom is -0.171 e. The van der Waals surface area contributed by atoms with Crippen LogP contribution in [0.25, 0.3) is 21.5 Å². The van der Waals surface area contributed by atoms with E-state index in [9.17, 15) is 0 Å². The Labute approximate surface area is 251 Å². The van der Waals surface area contributed by atoms with Gasteiger partial charge in [-0.25, -0.2) is 12.2 Å². The van der Waals surface area contributed by atoms with Crippen molar-refractivity contribution in [2.75, 3.05) is 19.0 Å². The number of fused-ring (bicyclic) bond motifs is 3. The molecule has 5 heteroatoms. The van der Waals surface area contributed by atoms with Crippen LogP contribution in [0.1, 0.15) is 6.42 Å². The molecule has 0 unspecified atom stereocenters. The molecule has 6 rings (SSSR count). The van der Waals surface area contributed by atoms with Gasteiger partial charge in [0.2, 0.25) is 0 Å². The van der Waals surface area contributed by atoms with Crippen molar-refractivity contribution in [1.82, 2.24) is 0 Å². The molecule has 0 aromatic heterocycles. The molecule has 0 N–H and O–H groups in total. The number of hydrogen-bond donors (Lipinski definition) is 0. The van der Waals surface area contributed by atoms with Crippen molar-refractivity contribution in [3.05, 3.63) is 146 Å². The number of benzene rings is 4. The predicted octanol–water partition coefficient (Wildman–Crippen LogP) is 8.52. The van der Waals surface area contributed by atoms with Crippen LogP contribution in [-0.4, -0.2) is 21.0 Å². The van der Waals surface area contributed by atoms with Crippen LogP contribution < -0.4 is 4.90 Å². The molecule has 1 aliphatic carbocycles. The molecule has 0 amide bonds. The SMILES string of the molecule is CN(C)c1ccc2c(c1)[cH-]c1ccccc12.Cl.Cl.[C-]1=CC=CC1.[Si]=[Zr].[c-]1ccccc1.[c-]1ccccc1. The minimum atomic E-state index is 0. The zero-order valence-corrected chi connectivity index (χ0v) is 26.2. The zero-order valence-electron chi connectivity index (χ0n) is 21.1. The fourth-order valence-electron chi connectivity index (χ4n) is 3.25. The summed E-state index contributed by atoms with van der Waals surface area (Å²) in [7, 11) is 4.15. The first-order valence-corrected chi connectivity index (χ1v) is 15.5. The topological polar surface area (TPSA) is 3.24 Å². The molecule has 0 bridgehead atoms. The van der Waals surface area contributed by atoms with E-state index in [4.69, 9.17) is 0 Å². The molecule has 1 aliphatic rings. The Hall–Kier alpha value is -2.29. The number of halogens is 2. The van der Waals surface area contributed by atoms with Gasteiger partial charge in [0.05, 0.1) is 0 Å². The van der Waals surface area contributed by atoms with Crippen molar-refractivity contribution >= 4 is 58.9 Å². The van der Waals surface area contributed by atoms with E-state index in [1.165, 1.54) is 50.6 Å². The average Bonchev–Trinajstić information content (AvgIpc) is 3.64. The summed E-state index contributed by atoms with van der Waals surface area (Å²) in [6, 6.07) is 42.4. The third-order valence-corrected chi connectivity index (χ3v) is 4.91. The Balaban J connectivity index is 0.000000514. The normalized spacial score (nSPS) is 9.86. The van der Waals surface area contributed by atoms with Gasteiger partial charge < -0.3 is 4.90 Å². The third-order valence-electron chi connectivity index (χ3n) is 4.91. The number of nitrogens with zero attached hydrogens (tertiary/aromatic N) is 1. The average molecular weight is 620 g/mol. The molecule has 0 saturated heterocycles. The summed E-state index contributed by atoms with van der Waals surface area (Å²) < 4.78 is 0. The molecule has 5 aromatic carbocycles. The summed E-state index contributed by atoms with van der Waals surface area (Å²) >= 11 is 1.36. The maximum atomic E-state index is 3.06. The van der Waals surface area contributed by atoms with Crippen LogP contribution in [-0.2, 0) is 23.3 Å². The molecular weight excluding hydrogens is 589 g/mol. The molecule has 190 valence electrons. The molecule has 0 aliphatic heterocycles. The first-order chi connectivity index (χ1) is 17.3. The summed E-state index contributed by atoms with van der Waals surface area (Å²) in [5.74, 6) is 0. The molecule has 0 fully saturated rings. The Bertz CT molecular complexity index is 1190. The monoisotopic (exact) mass is 617 g/mol. The number of hydrogen-bond acceptors (Lipinski definition) is 1. The van der Waals surface area contributed by atoms with Gasteiger partial charge in [0.1, 0.15) is 0 Å². The van der Waals surface area contributed by atoms with E-state index in [1.54, 1.807) is 0 Å². The van der Waals surface area contributed by atoms with E-state index in [0.29, 0.717) is 0 Å². The summed E-state index contributed by atoms with van der Waals surface area (Å²) in [6.45, 7) is 3.06. The fourth-order valence-corrected chi connectivity index (χ4v) is 3.25. The van der Waals surface area contributed by atoms with E-state index in [1.807, 2.05) is 72.8 Å². The summed E-state index contributed by atoms with van der Waals surface area (Å²) in [6.07, 6.45) is 10.0. The van der Waals surface area contributed by atoms with Gasteiger partial charge in [-0.3, -0.25) is 6.08 Å². The van der Waals surface area contributed by atoms with Gasteiger partial charge in [0.15, 0.2) is 0 Å². The minimum absolute atomic E-state index is 0. The molecule has 0 atom stereocenters. The smallest absolute Gasteiger partial charge is 0.171 e. The van der Waals surface area contributed by atoms with Gasteiger partial charge in [-0.15, -0.1) is 64.9 Å². The fraction of sp³-hybridized carbons (Fsp3) is 0.0938. The Morgan fingerprint density at radius 1 is 0.730 bits per heavy atom. The third kappa shape index (κ3) is 13.2. The van der Waals surface area contributed by atoms with Gasteiger partial charge in [-0.05, 0) is 0 Å². The minimum Gasteiger partial charge on any atom is -0.184 e. The van der Waals surface area contributed by atoms with E-state index in [-0.39, 0.29) is 24.8 Å². The van der Waals surface area contributed by atoms with Crippen molar-refractivity contribution in [1.29, 1.82) is 0 Å². The van der Waals surface area contributed by atoms with Crippen molar-refractivity contribution < 1.29 is 23.3 Å². The van der Waals surface area contributed by atoms with E-state index < -0.39 is 0 Å². The van der Waals surface area contributed by atoms with Crippen molar-refractivity contribution in [2.45, 2.75) is 6.42 Å². The Kier molecular flexibility index (Phi) is 20.4. The quantitative estimate of drug-likeness (QED) is 0.134. The molecule has 0 saturated carbocycles. The molecular formula is C32H31Cl2NSiZr-4. The second kappa shape index (κ2) is 21.8. The van der Waals surface area contributed by atoms with Crippen LogP contribution in [0.5, 0.6) is 0 Å². The van der Waals surface area contributed by atoms with Crippen LogP contribution >= 0.6 is 24.8 Å². The first kappa shape index (κ1) is 34.7. The van der Waals surface area contributed by atoms with E-state index >= 15 is 0 Å². The number of allylic oxidation sites excluding steroid dienone is 4. The Morgan fingerprint density at radius 2 is 1.30 bits per heavy atom. The van der Waals surface area contributed by atoms with Crippen LogP contribution in [0.2, 0.25) is 0 Å². The largest absolute Gasteiger partial charge is 0.184 e. The predicted molar refractivity (Wildman–Crippen MR) is 164 cm³/mol. The first-order valence-electron chi connectivity index (χ1n) is 11.3. The standard InChI is InChI=1S/C15H14N.2C6H5.C5H5.2ClH.Si.Zr/c1-16(2)13-7-8-15-12(10-13)9-11-5-3-4-6-14(11)15;2*1-2-4-6-5-3-1;1-2-4-5-3-1;;;;/h3-10H,1-2H3;2*1-5H;1-3H,4H2;2*1H;;/q4*-1;;;;. The molecule has 5 aromatic rings. The Morgan fingerprint density at radius 3 is 1.70 bits per heavy atom. The van der Waals surface area contributed by atoms with Crippen LogP contribution in [0.4, 0.5) is 5.69 Å². The zero-order chi connectivity index (χ0) is 25.1.